The van der Waals surface area contributed by atoms with Crippen molar-refractivity contribution >= 4 is 16.8 Å². The maximum Gasteiger partial charge on any atom is 0.347 e. The summed E-state index contributed by atoms with van der Waals surface area (Å²) in [5, 5.41) is 10.9. The first kappa shape index (κ1) is 15.7. The predicted molar refractivity (Wildman–Crippen MR) is 87.8 cm³/mol. The molecule has 0 bridgehead atoms. The lowest BCUT2D eigenvalue weighted by molar-refractivity contribution is 0.101. The molecule has 0 unspecified atom stereocenters. The molecular weight excluding hydrogens is 294 g/mol. The van der Waals surface area contributed by atoms with Gasteiger partial charge in [0.05, 0.1) is 5.56 Å². The van der Waals surface area contributed by atoms with E-state index in [-0.39, 0.29) is 17.1 Å². The van der Waals surface area contributed by atoms with Crippen LogP contribution in [-0.2, 0) is 6.54 Å². The van der Waals surface area contributed by atoms with Gasteiger partial charge in [-0.3, -0.25) is 9.69 Å². The molecule has 5 heteroatoms. The van der Waals surface area contributed by atoms with Crippen LogP contribution in [0.1, 0.15) is 42.6 Å². The van der Waals surface area contributed by atoms with Crippen molar-refractivity contribution in [3.8, 4) is 5.75 Å². The van der Waals surface area contributed by atoms with Gasteiger partial charge in [0.2, 0.25) is 0 Å². The van der Waals surface area contributed by atoms with Crippen molar-refractivity contribution in [2.45, 2.75) is 33.2 Å². The summed E-state index contributed by atoms with van der Waals surface area (Å²) < 4.78 is 5.37. The number of hydrogen-bond acceptors (Lipinski definition) is 5. The highest BCUT2D eigenvalue weighted by Gasteiger charge is 2.20. The Labute approximate surface area is 134 Å². The van der Waals surface area contributed by atoms with E-state index in [4.69, 9.17) is 4.42 Å². The van der Waals surface area contributed by atoms with E-state index in [1.807, 2.05) is 0 Å². The predicted octanol–water partition coefficient (Wildman–Crippen LogP) is 2.93. The summed E-state index contributed by atoms with van der Waals surface area (Å²) in [4.78, 5) is 25.7. The molecule has 1 aliphatic heterocycles. The minimum absolute atomic E-state index is 0.0425. The number of aromatic hydroxyl groups is 1. The summed E-state index contributed by atoms with van der Waals surface area (Å²) in [5.74, 6) is 0.526. The quantitative estimate of drug-likeness (QED) is 0.696. The molecule has 5 nitrogen and oxygen atoms in total. The van der Waals surface area contributed by atoms with Crippen LogP contribution in [0.3, 0.4) is 0 Å². The highest BCUT2D eigenvalue weighted by molar-refractivity contribution is 5.97. The Hall–Kier alpha value is -2.14. The van der Waals surface area contributed by atoms with E-state index < -0.39 is 5.63 Å². The monoisotopic (exact) mass is 315 g/mol. The number of phenols is 1. The second-order valence-corrected chi connectivity index (χ2v) is 6.44. The number of benzene rings is 1. The van der Waals surface area contributed by atoms with Crippen LogP contribution >= 0.6 is 0 Å². The molecule has 0 atom stereocenters. The second kappa shape index (κ2) is 6.16. The average molecular weight is 315 g/mol. The fourth-order valence-electron chi connectivity index (χ4n) is 3.07. The molecule has 0 radical (unpaired) electrons. The number of rotatable bonds is 3. The molecule has 1 aromatic carbocycles. The first-order chi connectivity index (χ1) is 11.0. The largest absolute Gasteiger partial charge is 0.507 e. The molecule has 2 heterocycles. The molecule has 3 rings (SSSR count). The zero-order chi connectivity index (χ0) is 16.6. The SMILES string of the molecule is CC(=O)c1cc2ccc(O)c(CN3CCC(C)CC3)c2oc1=O. The zero-order valence-electron chi connectivity index (χ0n) is 13.5. The molecule has 1 N–H and O–H groups in total. The van der Waals surface area contributed by atoms with E-state index in [9.17, 15) is 14.7 Å². The van der Waals surface area contributed by atoms with Crippen molar-refractivity contribution in [1.82, 2.24) is 4.90 Å². The van der Waals surface area contributed by atoms with Gasteiger partial charge >= 0.3 is 5.63 Å². The van der Waals surface area contributed by atoms with E-state index in [0.29, 0.717) is 23.1 Å². The molecule has 0 amide bonds. The topological polar surface area (TPSA) is 70.8 Å². The number of nitrogens with zero attached hydrogens (tertiary/aromatic N) is 1. The maximum absolute atomic E-state index is 12.0. The fourth-order valence-corrected chi connectivity index (χ4v) is 3.07. The molecule has 1 aliphatic rings. The average Bonchev–Trinajstić information content (AvgIpc) is 2.51. The number of phenolic OH excluding ortho intramolecular Hbond substituents is 1. The van der Waals surface area contributed by atoms with Crippen LogP contribution in [0.15, 0.2) is 27.4 Å². The summed E-state index contributed by atoms with van der Waals surface area (Å²) in [5.41, 5.74) is 0.382. The van der Waals surface area contributed by atoms with Gasteiger partial charge in [0.25, 0.3) is 0 Å². The number of piperidine rings is 1. The first-order valence-corrected chi connectivity index (χ1v) is 7.97. The summed E-state index contributed by atoms with van der Waals surface area (Å²) >= 11 is 0. The standard InChI is InChI=1S/C18H21NO4/c1-11-5-7-19(8-6-11)10-15-16(21)4-3-13-9-14(12(2)20)18(22)23-17(13)15/h3-4,9,11,21H,5-8,10H2,1-2H3. The fraction of sp³-hybridized carbons (Fsp3) is 0.444. The number of hydrogen-bond donors (Lipinski definition) is 1. The van der Waals surface area contributed by atoms with Gasteiger partial charge in [0.15, 0.2) is 5.78 Å². The molecule has 0 saturated carbocycles. The van der Waals surface area contributed by atoms with Gasteiger partial charge in [-0.1, -0.05) is 6.92 Å². The van der Waals surface area contributed by atoms with Crippen LogP contribution in [-0.4, -0.2) is 28.9 Å². The third-order valence-corrected chi connectivity index (χ3v) is 4.62. The Morgan fingerprint density at radius 1 is 1.35 bits per heavy atom. The summed E-state index contributed by atoms with van der Waals surface area (Å²) in [6, 6.07) is 4.81. The van der Waals surface area contributed by atoms with Crippen molar-refractivity contribution in [3.05, 3.63) is 39.7 Å². The smallest absolute Gasteiger partial charge is 0.347 e. The van der Waals surface area contributed by atoms with E-state index in [2.05, 4.69) is 11.8 Å². The molecule has 1 fully saturated rings. The van der Waals surface area contributed by atoms with Gasteiger partial charge in [-0.15, -0.1) is 0 Å². The summed E-state index contributed by atoms with van der Waals surface area (Å²) in [6.07, 6.45) is 2.26. The Bertz CT molecular complexity index is 801. The van der Waals surface area contributed by atoms with E-state index in [1.165, 1.54) is 6.92 Å². The number of carbonyl (C=O) groups is 1. The van der Waals surface area contributed by atoms with Crippen LogP contribution in [0.25, 0.3) is 11.0 Å². The van der Waals surface area contributed by atoms with Gasteiger partial charge in [0.1, 0.15) is 16.9 Å². The molecule has 1 saturated heterocycles. The van der Waals surface area contributed by atoms with Crippen molar-refractivity contribution < 1.29 is 14.3 Å². The van der Waals surface area contributed by atoms with E-state index in [0.717, 1.165) is 31.8 Å². The second-order valence-electron chi connectivity index (χ2n) is 6.44. The van der Waals surface area contributed by atoms with Crippen molar-refractivity contribution in [2.24, 2.45) is 5.92 Å². The van der Waals surface area contributed by atoms with Crippen LogP contribution in [0, 0.1) is 5.92 Å². The lowest BCUT2D eigenvalue weighted by Crippen LogP contribution is -2.32. The van der Waals surface area contributed by atoms with Crippen LogP contribution < -0.4 is 5.63 Å². The molecular formula is C18H21NO4. The normalized spacial score (nSPS) is 16.8. The molecule has 23 heavy (non-hydrogen) atoms. The Kier molecular flexibility index (Phi) is 4.22. The molecule has 0 aliphatic carbocycles. The highest BCUT2D eigenvalue weighted by Crippen LogP contribution is 2.29. The Morgan fingerprint density at radius 3 is 2.70 bits per heavy atom. The van der Waals surface area contributed by atoms with Gasteiger partial charge in [-0.05, 0) is 57.0 Å². The van der Waals surface area contributed by atoms with Crippen molar-refractivity contribution in [3.63, 3.8) is 0 Å². The zero-order valence-corrected chi connectivity index (χ0v) is 13.5. The molecule has 122 valence electrons. The molecule has 1 aromatic heterocycles. The maximum atomic E-state index is 12.0. The minimum atomic E-state index is -0.649. The van der Waals surface area contributed by atoms with Gasteiger partial charge in [-0.2, -0.15) is 0 Å². The van der Waals surface area contributed by atoms with Gasteiger partial charge in [0, 0.05) is 11.9 Å². The lowest BCUT2D eigenvalue weighted by atomic mass is 9.98. The number of Topliss-reactive ketones (excluding diaryl/α,β-unsaturated/α-hetero) is 1. The van der Waals surface area contributed by atoms with E-state index in [1.54, 1.807) is 18.2 Å². The minimum Gasteiger partial charge on any atom is -0.507 e. The summed E-state index contributed by atoms with van der Waals surface area (Å²) in [7, 11) is 0. The number of ketones is 1. The van der Waals surface area contributed by atoms with Crippen molar-refractivity contribution in [2.75, 3.05) is 13.1 Å². The lowest BCUT2D eigenvalue weighted by Gasteiger charge is -2.30. The number of fused-ring (bicyclic) bond motifs is 1. The van der Waals surface area contributed by atoms with E-state index >= 15 is 0 Å². The third kappa shape index (κ3) is 3.15. The Morgan fingerprint density at radius 2 is 2.04 bits per heavy atom. The van der Waals surface area contributed by atoms with Crippen LogP contribution in [0.4, 0.5) is 0 Å². The first-order valence-electron chi connectivity index (χ1n) is 7.97. The highest BCUT2D eigenvalue weighted by atomic mass is 16.4. The Balaban J connectivity index is 2.02. The van der Waals surface area contributed by atoms with Gasteiger partial charge < -0.3 is 9.52 Å². The van der Waals surface area contributed by atoms with Crippen molar-refractivity contribution in [1.29, 1.82) is 0 Å². The third-order valence-electron chi connectivity index (χ3n) is 4.62. The number of carbonyl (C=O) groups excluding carboxylic acids is 1. The number of likely N-dealkylation sites (tertiary alicyclic amines) is 1. The molecule has 0 spiro atoms. The molecule has 2 aromatic rings. The van der Waals surface area contributed by atoms with Crippen LogP contribution in [0.2, 0.25) is 0 Å². The van der Waals surface area contributed by atoms with Gasteiger partial charge in [-0.25, -0.2) is 4.79 Å². The summed E-state index contributed by atoms with van der Waals surface area (Å²) in [6.45, 7) is 6.06. The van der Waals surface area contributed by atoms with Crippen LogP contribution in [0.5, 0.6) is 5.75 Å².